The van der Waals surface area contributed by atoms with E-state index in [2.05, 4.69) is 31.4 Å². The van der Waals surface area contributed by atoms with Crippen LogP contribution in [0.5, 0.6) is 5.75 Å². The Hall–Kier alpha value is -2.57. The molecule has 0 aliphatic heterocycles. The number of urea groups is 1. The summed E-state index contributed by atoms with van der Waals surface area (Å²) in [7, 11) is 0. The van der Waals surface area contributed by atoms with E-state index in [0.717, 1.165) is 0 Å². The smallest absolute Gasteiger partial charge is 0.321 e. The average Bonchev–Trinajstić information content (AvgIpc) is 2.51. The number of carbonyl (C=O) groups excluding carboxylic acids is 3. The van der Waals surface area contributed by atoms with Gasteiger partial charge in [-0.25, -0.2) is 4.79 Å². The Labute approximate surface area is 154 Å². The number of rotatable bonds is 7. The van der Waals surface area contributed by atoms with E-state index in [9.17, 15) is 14.4 Å². The number of hydrogen-bond acceptors (Lipinski definition) is 5. The third kappa shape index (κ3) is 8.50. The maximum atomic E-state index is 11.6. The second-order valence-corrected chi connectivity index (χ2v) is 7.21. The Morgan fingerprint density at radius 2 is 1.69 bits per heavy atom. The van der Waals surface area contributed by atoms with Crippen molar-refractivity contribution in [3.63, 3.8) is 0 Å². The number of imide groups is 1. The molecule has 0 heterocycles. The van der Waals surface area contributed by atoms with Gasteiger partial charge < -0.3 is 14.8 Å². The van der Waals surface area contributed by atoms with E-state index in [4.69, 9.17) is 9.47 Å². The number of esters is 1. The van der Waals surface area contributed by atoms with Gasteiger partial charge in [-0.1, -0.05) is 32.9 Å². The van der Waals surface area contributed by atoms with Gasteiger partial charge in [-0.05, 0) is 37.0 Å². The third-order valence-electron chi connectivity index (χ3n) is 3.33. The average molecular weight is 364 g/mol. The van der Waals surface area contributed by atoms with Crippen molar-refractivity contribution in [2.45, 2.75) is 52.5 Å². The van der Waals surface area contributed by atoms with Crippen LogP contribution in [0.3, 0.4) is 0 Å². The summed E-state index contributed by atoms with van der Waals surface area (Å²) in [5.41, 5.74) is 1.26. The van der Waals surface area contributed by atoms with Gasteiger partial charge in [0.25, 0.3) is 5.91 Å². The fourth-order valence-electron chi connectivity index (χ4n) is 1.98. The number of benzene rings is 1. The molecule has 0 aromatic heterocycles. The molecule has 2 N–H and O–H groups in total. The molecule has 1 rings (SSSR count). The predicted octanol–water partition coefficient (Wildman–Crippen LogP) is 2.53. The van der Waals surface area contributed by atoms with Crippen molar-refractivity contribution in [1.82, 2.24) is 10.6 Å². The summed E-state index contributed by atoms with van der Waals surface area (Å²) < 4.78 is 10.3. The molecule has 7 nitrogen and oxygen atoms in total. The summed E-state index contributed by atoms with van der Waals surface area (Å²) in [5.74, 6) is -0.597. The zero-order chi connectivity index (χ0) is 19.7. The second-order valence-electron chi connectivity index (χ2n) is 7.21. The Kier molecular flexibility index (Phi) is 8.09. The molecule has 1 aromatic carbocycles. The van der Waals surface area contributed by atoms with E-state index < -0.39 is 24.5 Å². The summed E-state index contributed by atoms with van der Waals surface area (Å²) in [6.45, 7) is 9.54. The predicted molar refractivity (Wildman–Crippen MR) is 98.0 cm³/mol. The van der Waals surface area contributed by atoms with Crippen LogP contribution < -0.4 is 15.4 Å². The highest BCUT2D eigenvalue weighted by atomic mass is 16.5. The molecule has 144 valence electrons. The number of hydrogen-bond donors (Lipinski definition) is 2. The zero-order valence-electron chi connectivity index (χ0n) is 16.0. The Balaban J connectivity index is 2.26. The van der Waals surface area contributed by atoms with Crippen molar-refractivity contribution in [3.8, 4) is 5.75 Å². The number of ether oxygens (including phenoxy) is 2. The monoisotopic (exact) mass is 364 g/mol. The fraction of sp³-hybridized carbons (Fsp3) is 0.526. The van der Waals surface area contributed by atoms with E-state index in [0.29, 0.717) is 5.75 Å². The SMILES string of the molecule is CC(C)NC(=O)NC(=O)COC(=O)CCOc1ccc(C(C)(C)C)cc1. The molecule has 0 atom stereocenters. The van der Waals surface area contributed by atoms with Gasteiger partial charge in [0.15, 0.2) is 6.61 Å². The minimum atomic E-state index is -0.685. The van der Waals surface area contributed by atoms with Crippen LogP contribution in [-0.2, 0) is 19.7 Å². The lowest BCUT2D eigenvalue weighted by Crippen LogP contribution is -2.44. The van der Waals surface area contributed by atoms with Crippen LogP contribution in [0.4, 0.5) is 4.79 Å². The Bertz CT molecular complexity index is 618. The van der Waals surface area contributed by atoms with Crippen LogP contribution in [0.1, 0.15) is 46.6 Å². The van der Waals surface area contributed by atoms with Crippen molar-refractivity contribution in [3.05, 3.63) is 29.8 Å². The molecule has 0 radical (unpaired) electrons. The molecule has 7 heteroatoms. The van der Waals surface area contributed by atoms with Gasteiger partial charge in [-0.3, -0.25) is 14.9 Å². The quantitative estimate of drug-likeness (QED) is 0.725. The fourth-order valence-corrected chi connectivity index (χ4v) is 1.98. The lowest BCUT2D eigenvalue weighted by Gasteiger charge is -2.19. The molecule has 0 unspecified atom stereocenters. The van der Waals surface area contributed by atoms with Gasteiger partial charge in [-0.15, -0.1) is 0 Å². The normalized spacial score (nSPS) is 11.0. The van der Waals surface area contributed by atoms with E-state index >= 15 is 0 Å². The number of carbonyl (C=O) groups is 3. The van der Waals surface area contributed by atoms with Crippen LogP contribution in [0, 0.1) is 0 Å². The van der Waals surface area contributed by atoms with E-state index in [1.165, 1.54) is 5.56 Å². The minimum absolute atomic E-state index is 0.00644. The van der Waals surface area contributed by atoms with Gasteiger partial charge in [0.2, 0.25) is 0 Å². The van der Waals surface area contributed by atoms with Crippen molar-refractivity contribution in [2.24, 2.45) is 0 Å². The first-order valence-corrected chi connectivity index (χ1v) is 8.57. The molecule has 0 saturated carbocycles. The molecule has 1 aromatic rings. The van der Waals surface area contributed by atoms with Crippen LogP contribution >= 0.6 is 0 Å². The van der Waals surface area contributed by atoms with E-state index in [-0.39, 0.29) is 24.5 Å². The molecule has 0 aliphatic carbocycles. The van der Waals surface area contributed by atoms with Gasteiger partial charge in [0.1, 0.15) is 5.75 Å². The van der Waals surface area contributed by atoms with Gasteiger partial charge in [0.05, 0.1) is 13.0 Å². The van der Waals surface area contributed by atoms with Crippen molar-refractivity contribution < 1.29 is 23.9 Å². The third-order valence-corrected chi connectivity index (χ3v) is 3.33. The summed E-state index contributed by atoms with van der Waals surface area (Å²) in [5, 5.41) is 4.56. The van der Waals surface area contributed by atoms with Crippen LogP contribution in [0.25, 0.3) is 0 Å². The van der Waals surface area contributed by atoms with Gasteiger partial charge in [-0.2, -0.15) is 0 Å². The summed E-state index contributed by atoms with van der Waals surface area (Å²) >= 11 is 0. The lowest BCUT2D eigenvalue weighted by atomic mass is 9.87. The molecule has 0 bridgehead atoms. The first-order valence-electron chi connectivity index (χ1n) is 8.57. The van der Waals surface area contributed by atoms with E-state index in [1.807, 2.05) is 24.3 Å². The largest absolute Gasteiger partial charge is 0.493 e. The van der Waals surface area contributed by atoms with Crippen LogP contribution in [-0.4, -0.2) is 37.2 Å². The van der Waals surface area contributed by atoms with E-state index in [1.54, 1.807) is 13.8 Å². The molecule has 0 aliphatic rings. The summed E-state index contributed by atoms with van der Waals surface area (Å²) in [4.78, 5) is 34.4. The van der Waals surface area contributed by atoms with Crippen LogP contribution in [0.2, 0.25) is 0 Å². The lowest BCUT2D eigenvalue weighted by molar-refractivity contribution is -0.148. The second kappa shape index (κ2) is 9.79. The highest BCUT2D eigenvalue weighted by Crippen LogP contribution is 2.24. The highest BCUT2D eigenvalue weighted by Gasteiger charge is 2.14. The Morgan fingerprint density at radius 3 is 2.23 bits per heavy atom. The Morgan fingerprint density at radius 1 is 1.08 bits per heavy atom. The van der Waals surface area contributed by atoms with Crippen LogP contribution in [0.15, 0.2) is 24.3 Å². The molecule has 0 saturated heterocycles. The van der Waals surface area contributed by atoms with Crippen molar-refractivity contribution in [1.29, 1.82) is 0 Å². The number of nitrogens with one attached hydrogen (secondary N) is 2. The van der Waals surface area contributed by atoms with Gasteiger partial charge >= 0.3 is 12.0 Å². The molecule has 0 spiro atoms. The maximum Gasteiger partial charge on any atom is 0.321 e. The summed E-state index contributed by atoms with van der Waals surface area (Å²) in [6, 6.07) is 6.96. The van der Waals surface area contributed by atoms with Crippen molar-refractivity contribution in [2.75, 3.05) is 13.2 Å². The zero-order valence-corrected chi connectivity index (χ0v) is 16.0. The minimum Gasteiger partial charge on any atom is -0.493 e. The molecule has 3 amide bonds. The molecular weight excluding hydrogens is 336 g/mol. The highest BCUT2D eigenvalue weighted by molar-refractivity contribution is 5.95. The summed E-state index contributed by atoms with van der Waals surface area (Å²) in [6.07, 6.45) is 0.00644. The standard InChI is InChI=1S/C19H28N2O5/c1-13(2)20-18(24)21-16(22)12-26-17(23)10-11-25-15-8-6-14(7-9-15)19(3,4)5/h6-9,13H,10-12H2,1-5H3,(H2,20,21,22,24). The van der Waals surface area contributed by atoms with Crippen molar-refractivity contribution >= 4 is 17.9 Å². The first kappa shape index (κ1) is 21.5. The molecule has 0 fully saturated rings. The number of amides is 3. The van der Waals surface area contributed by atoms with Gasteiger partial charge in [0, 0.05) is 6.04 Å². The molecule has 26 heavy (non-hydrogen) atoms. The topological polar surface area (TPSA) is 93.7 Å². The maximum absolute atomic E-state index is 11.6. The molecular formula is C19H28N2O5. The first-order chi connectivity index (χ1) is 12.1.